The summed E-state index contributed by atoms with van der Waals surface area (Å²) in [7, 11) is 4.08. The van der Waals surface area contributed by atoms with Crippen LogP contribution in [0.5, 0.6) is 0 Å². The summed E-state index contributed by atoms with van der Waals surface area (Å²) in [6, 6.07) is 12.3. The molecule has 0 saturated carbocycles. The molecule has 3 unspecified atom stereocenters. The lowest BCUT2D eigenvalue weighted by Gasteiger charge is -2.41. The van der Waals surface area contributed by atoms with Crippen LogP contribution in [0.15, 0.2) is 36.5 Å². The van der Waals surface area contributed by atoms with Crippen molar-refractivity contribution in [3.63, 3.8) is 0 Å². The van der Waals surface area contributed by atoms with Gasteiger partial charge in [-0.25, -0.2) is 4.98 Å². The van der Waals surface area contributed by atoms with E-state index < -0.39 is 0 Å². The van der Waals surface area contributed by atoms with Crippen LogP contribution in [0.2, 0.25) is 0 Å². The van der Waals surface area contributed by atoms with Crippen LogP contribution in [0, 0.1) is 17.2 Å². The monoisotopic (exact) mass is 546 g/mol. The number of hydrogen-bond donors (Lipinski definition) is 2. The van der Waals surface area contributed by atoms with E-state index in [0.29, 0.717) is 23.8 Å². The third-order valence-electron chi connectivity index (χ3n) is 8.03. The fourth-order valence-corrected chi connectivity index (χ4v) is 5.63. The van der Waals surface area contributed by atoms with E-state index in [1.54, 1.807) is 19.2 Å². The Kier molecular flexibility index (Phi) is 11.5. The normalized spacial score (nSPS) is 18.0. The van der Waals surface area contributed by atoms with Crippen molar-refractivity contribution in [2.45, 2.75) is 84.2 Å². The van der Waals surface area contributed by atoms with E-state index in [1.807, 2.05) is 32.0 Å². The highest BCUT2D eigenvalue weighted by Crippen LogP contribution is 2.42. The SMILES string of the molecule is CCC(CCC(C)C(=O)NCCCN(C)C)c1ccc2c(c1)[C@H](Nc1ccc(C#N)cn1)CC(CC)N2C(C)=O. The van der Waals surface area contributed by atoms with Gasteiger partial charge in [0, 0.05) is 37.3 Å². The number of nitriles is 1. The maximum Gasteiger partial charge on any atom is 0.224 e. The fraction of sp³-hybridized carbons (Fsp3) is 0.562. The second-order valence-corrected chi connectivity index (χ2v) is 11.3. The molecule has 4 atom stereocenters. The van der Waals surface area contributed by atoms with Gasteiger partial charge in [0.15, 0.2) is 0 Å². The number of aromatic nitrogens is 1. The summed E-state index contributed by atoms with van der Waals surface area (Å²) in [5.74, 6) is 1.16. The van der Waals surface area contributed by atoms with E-state index in [1.165, 1.54) is 5.56 Å². The number of rotatable bonds is 13. The van der Waals surface area contributed by atoms with E-state index in [-0.39, 0.29) is 29.8 Å². The van der Waals surface area contributed by atoms with E-state index in [4.69, 9.17) is 5.26 Å². The van der Waals surface area contributed by atoms with Crippen LogP contribution in [0.25, 0.3) is 0 Å². The van der Waals surface area contributed by atoms with Gasteiger partial charge in [-0.05, 0) is 94.4 Å². The third kappa shape index (κ3) is 8.04. The quantitative estimate of drug-likeness (QED) is 0.316. The first kappa shape index (κ1) is 31.1. The zero-order valence-corrected chi connectivity index (χ0v) is 25.0. The molecule has 1 aromatic carbocycles. The van der Waals surface area contributed by atoms with Crippen molar-refractivity contribution in [3.8, 4) is 6.07 Å². The molecule has 2 amide bonds. The molecular formula is C32H46N6O2. The molecule has 1 aliphatic heterocycles. The molecular weight excluding hydrogens is 500 g/mol. The standard InChI is InChI=1S/C32H46N6O2/c1-7-25(12-10-22(3)32(40)34-16-9-17-37(5)6)26-13-14-30-28(18-26)29(19-27(8-2)38(30)23(4)39)36-31-15-11-24(20-33)21-35-31/h11,13-15,18,21-22,25,27,29H,7-10,12,16-17,19H2,1-6H3,(H,34,40)(H,35,36)/t22?,25?,27?,29-/m1/s1. The van der Waals surface area contributed by atoms with Crippen LogP contribution in [-0.4, -0.2) is 54.9 Å². The number of hydrogen-bond acceptors (Lipinski definition) is 6. The summed E-state index contributed by atoms with van der Waals surface area (Å²) in [6.07, 6.45) is 6.87. The Morgan fingerprint density at radius 1 is 1.20 bits per heavy atom. The van der Waals surface area contributed by atoms with Gasteiger partial charge < -0.3 is 20.4 Å². The third-order valence-corrected chi connectivity index (χ3v) is 8.03. The van der Waals surface area contributed by atoms with Gasteiger partial charge in [-0.3, -0.25) is 9.59 Å². The molecule has 1 aliphatic rings. The van der Waals surface area contributed by atoms with Gasteiger partial charge in [-0.15, -0.1) is 0 Å². The molecule has 0 spiro atoms. The van der Waals surface area contributed by atoms with Crippen LogP contribution in [-0.2, 0) is 9.59 Å². The average Bonchev–Trinajstić information content (AvgIpc) is 2.95. The number of amides is 2. The van der Waals surface area contributed by atoms with Crippen molar-refractivity contribution in [3.05, 3.63) is 53.2 Å². The van der Waals surface area contributed by atoms with Gasteiger partial charge in [-0.2, -0.15) is 5.26 Å². The summed E-state index contributed by atoms with van der Waals surface area (Å²) >= 11 is 0. The van der Waals surface area contributed by atoms with E-state index >= 15 is 0 Å². The van der Waals surface area contributed by atoms with Gasteiger partial charge in [-0.1, -0.05) is 32.9 Å². The average molecular weight is 547 g/mol. The molecule has 0 fully saturated rings. The molecule has 8 nitrogen and oxygen atoms in total. The first-order valence-electron chi connectivity index (χ1n) is 14.7. The van der Waals surface area contributed by atoms with Crippen molar-refractivity contribution in [1.82, 2.24) is 15.2 Å². The van der Waals surface area contributed by atoms with Crippen LogP contribution >= 0.6 is 0 Å². The number of nitrogens with one attached hydrogen (secondary N) is 2. The van der Waals surface area contributed by atoms with E-state index in [9.17, 15) is 9.59 Å². The number of nitrogens with zero attached hydrogens (tertiary/aromatic N) is 4. The topological polar surface area (TPSA) is 101 Å². The van der Waals surface area contributed by atoms with E-state index in [2.05, 4.69) is 58.6 Å². The number of anilines is 2. The summed E-state index contributed by atoms with van der Waals surface area (Å²) in [5.41, 5.74) is 3.79. The molecule has 8 heteroatoms. The molecule has 3 rings (SSSR count). The summed E-state index contributed by atoms with van der Waals surface area (Å²) in [5, 5.41) is 15.8. The second kappa shape index (κ2) is 14.8. The highest BCUT2D eigenvalue weighted by atomic mass is 16.2. The van der Waals surface area contributed by atoms with Gasteiger partial charge in [0.1, 0.15) is 11.9 Å². The molecule has 0 radical (unpaired) electrons. The van der Waals surface area contributed by atoms with Crippen molar-refractivity contribution < 1.29 is 9.59 Å². The molecule has 1 aromatic heterocycles. The Hall–Kier alpha value is -3.44. The number of carbonyl (C=O) groups excluding carboxylic acids is 2. The molecule has 0 aliphatic carbocycles. The first-order chi connectivity index (χ1) is 19.2. The van der Waals surface area contributed by atoms with Gasteiger partial charge in [0.25, 0.3) is 0 Å². The van der Waals surface area contributed by atoms with Crippen LogP contribution in [0.3, 0.4) is 0 Å². The zero-order valence-electron chi connectivity index (χ0n) is 25.0. The predicted octanol–water partition coefficient (Wildman–Crippen LogP) is 5.62. The van der Waals surface area contributed by atoms with Crippen LogP contribution in [0.1, 0.15) is 94.9 Å². The van der Waals surface area contributed by atoms with Gasteiger partial charge >= 0.3 is 0 Å². The lowest BCUT2D eigenvalue weighted by atomic mass is 9.83. The molecule has 2 aromatic rings. The van der Waals surface area contributed by atoms with Gasteiger partial charge in [0.2, 0.25) is 11.8 Å². The Morgan fingerprint density at radius 2 is 1.98 bits per heavy atom. The molecule has 40 heavy (non-hydrogen) atoms. The number of pyridine rings is 1. The summed E-state index contributed by atoms with van der Waals surface area (Å²) in [6.45, 7) is 9.63. The summed E-state index contributed by atoms with van der Waals surface area (Å²) in [4.78, 5) is 33.9. The van der Waals surface area contributed by atoms with Crippen molar-refractivity contribution in [2.24, 2.45) is 5.92 Å². The number of fused-ring (bicyclic) bond motifs is 1. The Bertz CT molecular complexity index is 1170. The Labute approximate surface area is 240 Å². The maximum absolute atomic E-state index is 12.7. The lowest BCUT2D eigenvalue weighted by Crippen LogP contribution is -2.44. The minimum Gasteiger partial charge on any atom is -0.363 e. The molecule has 2 N–H and O–H groups in total. The largest absolute Gasteiger partial charge is 0.363 e. The predicted molar refractivity (Wildman–Crippen MR) is 161 cm³/mol. The molecule has 216 valence electrons. The van der Waals surface area contributed by atoms with E-state index in [0.717, 1.165) is 56.3 Å². The first-order valence-corrected chi connectivity index (χ1v) is 14.7. The van der Waals surface area contributed by atoms with Gasteiger partial charge in [0.05, 0.1) is 11.6 Å². The number of benzene rings is 1. The number of carbonyl (C=O) groups is 2. The maximum atomic E-state index is 12.7. The molecule has 0 saturated heterocycles. The minimum atomic E-state index is -0.0404. The highest BCUT2D eigenvalue weighted by molar-refractivity contribution is 5.94. The second-order valence-electron chi connectivity index (χ2n) is 11.3. The lowest BCUT2D eigenvalue weighted by molar-refractivity contribution is -0.124. The minimum absolute atomic E-state index is 0.0136. The Morgan fingerprint density at radius 3 is 2.58 bits per heavy atom. The summed E-state index contributed by atoms with van der Waals surface area (Å²) < 4.78 is 0. The van der Waals surface area contributed by atoms with Crippen molar-refractivity contribution in [1.29, 1.82) is 5.26 Å². The fourth-order valence-electron chi connectivity index (χ4n) is 5.63. The van der Waals surface area contributed by atoms with Crippen molar-refractivity contribution >= 4 is 23.3 Å². The van der Waals surface area contributed by atoms with Crippen LogP contribution in [0.4, 0.5) is 11.5 Å². The van der Waals surface area contributed by atoms with Crippen LogP contribution < -0.4 is 15.5 Å². The zero-order chi connectivity index (χ0) is 29.2. The Balaban J connectivity index is 1.79. The molecule has 0 bridgehead atoms. The molecule has 2 heterocycles. The highest BCUT2D eigenvalue weighted by Gasteiger charge is 2.34. The smallest absolute Gasteiger partial charge is 0.224 e. The van der Waals surface area contributed by atoms with Crippen molar-refractivity contribution in [2.75, 3.05) is 37.4 Å².